The fourth-order valence-corrected chi connectivity index (χ4v) is 1.28. The maximum absolute atomic E-state index is 11.2. The molecular weight excluding hydrogens is 126 g/mol. The van der Waals surface area contributed by atoms with Crippen LogP contribution in [0.5, 0.6) is 0 Å². The van der Waals surface area contributed by atoms with Crippen molar-refractivity contribution in [3.05, 3.63) is 36.2 Å². The van der Waals surface area contributed by atoms with Crippen LogP contribution in [0.1, 0.15) is 0 Å². The van der Waals surface area contributed by atoms with Gasteiger partial charge in [-0.25, -0.2) is 9.28 Å². The first-order valence-electron chi connectivity index (χ1n) is 3.22. The van der Waals surface area contributed by atoms with Gasteiger partial charge in [0.2, 0.25) is 0 Å². The summed E-state index contributed by atoms with van der Waals surface area (Å²) in [6.07, 6.45) is 9.24. The molecular formula is C8H8NO+. The van der Waals surface area contributed by atoms with Gasteiger partial charge in [0.15, 0.2) is 0 Å². The Morgan fingerprint density at radius 3 is 2.90 bits per heavy atom. The SMILES string of the molecule is C[N+]12C=CC=C1C=CC2=O. The fourth-order valence-electron chi connectivity index (χ4n) is 1.28. The zero-order chi connectivity index (χ0) is 7.19. The summed E-state index contributed by atoms with van der Waals surface area (Å²) in [7, 11) is 1.89. The molecule has 0 saturated heterocycles. The van der Waals surface area contributed by atoms with E-state index in [2.05, 4.69) is 0 Å². The molecule has 10 heavy (non-hydrogen) atoms. The van der Waals surface area contributed by atoms with Gasteiger partial charge in [0.1, 0.15) is 11.9 Å². The highest BCUT2D eigenvalue weighted by atomic mass is 16.2. The molecule has 2 nitrogen and oxygen atoms in total. The third-order valence-corrected chi connectivity index (χ3v) is 2.04. The van der Waals surface area contributed by atoms with Gasteiger partial charge < -0.3 is 0 Å². The molecule has 2 heterocycles. The Morgan fingerprint density at radius 1 is 1.40 bits per heavy atom. The van der Waals surface area contributed by atoms with Gasteiger partial charge in [0.25, 0.3) is 0 Å². The van der Waals surface area contributed by atoms with Gasteiger partial charge in [0.05, 0.1) is 7.05 Å². The Kier molecular flexibility index (Phi) is 0.824. The molecule has 2 rings (SSSR count). The molecule has 1 unspecified atom stereocenters. The summed E-state index contributed by atoms with van der Waals surface area (Å²) in [6, 6.07) is 0. The number of carbonyl (C=O) groups excluding carboxylic acids is 1. The van der Waals surface area contributed by atoms with E-state index in [4.69, 9.17) is 0 Å². The quantitative estimate of drug-likeness (QED) is 0.450. The van der Waals surface area contributed by atoms with E-state index in [1.807, 2.05) is 31.5 Å². The van der Waals surface area contributed by atoms with Crippen LogP contribution in [0.3, 0.4) is 0 Å². The van der Waals surface area contributed by atoms with Crippen LogP contribution < -0.4 is 0 Å². The van der Waals surface area contributed by atoms with E-state index < -0.39 is 0 Å². The number of fused-ring (bicyclic) bond motifs is 1. The number of likely N-dealkylation sites (N-methyl/N-ethyl adjacent to an activating group) is 1. The van der Waals surface area contributed by atoms with Crippen molar-refractivity contribution in [1.82, 2.24) is 0 Å². The molecule has 0 spiro atoms. The molecule has 0 aromatic rings. The third kappa shape index (κ3) is 0.449. The Balaban J connectivity index is 2.58. The van der Waals surface area contributed by atoms with E-state index in [0.29, 0.717) is 4.48 Å². The lowest BCUT2D eigenvalue weighted by Crippen LogP contribution is -2.36. The van der Waals surface area contributed by atoms with Gasteiger partial charge in [-0.05, 0) is 6.08 Å². The average molecular weight is 134 g/mol. The molecule has 0 bridgehead atoms. The van der Waals surface area contributed by atoms with Gasteiger partial charge in [-0.1, -0.05) is 0 Å². The summed E-state index contributed by atoms with van der Waals surface area (Å²) >= 11 is 0. The molecule has 2 heteroatoms. The van der Waals surface area contributed by atoms with Gasteiger partial charge in [-0.2, -0.15) is 0 Å². The Morgan fingerprint density at radius 2 is 2.20 bits per heavy atom. The van der Waals surface area contributed by atoms with E-state index >= 15 is 0 Å². The van der Waals surface area contributed by atoms with Gasteiger partial charge in [-0.3, -0.25) is 0 Å². The number of hydrogen-bond donors (Lipinski definition) is 0. The molecule has 0 fully saturated rings. The second kappa shape index (κ2) is 1.47. The normalized spacial score (nSPS) is 34.9. The van der Waals surface area contributed by atoms with E-state index in [1.165, 1.54) is 0 Å². The second-order valence-electron chi connectivity index (χ2n) is 2.68. The van der Waals surface area contributed by atoms with E-state index in [0.717, 1.165) is 5.70 Å². The lowest BCUT2D eigenvalue weighted by Gasteiger charge is -2.18. The van der Waals surface area contributed by atoms with Gasteiger partial charge in [-0.15, -0.1) is 0 Å². The summed E-state index contributed by atoms with van der Waals surface area (Å²) < 4.78 is 0.333. The minimum atomic E-state index is 0.139. The summed E-state index contributed by atoms with van der Waals surface area (Å²) in [5.74, 6) is 0.139. The number of amides is 1. The summed E-state index contributed by atoms with van der Waals surface area (Å²) in [5, 5.41) is 0. The second-order valence-corrected chi connectivity index (χ2v) is 2.68. The Hall–Kier alpha value is -1.15. The Labute approximate surface area is 59.3 Å². The molecule has 2 aliphatic rings. The van der Waals surface area contributed by atoms with Crippen molar-refractivity contribution in [3.63, 3.8) is 0 Å². The highest BCUT2D eigenvalue weighted by molar-refractivity contribution is 5.86. The highest BCUT2D eigenvalue weighted by Gasteiger charge is 2.38. The summed E-state index contributed by atoms with van der Waals surface area (Å²) in [6.45, 7) is 0. The highest BCUT2D eigenvalue weighted by Crippen LogP contribution is 2.28. The standard InChI is InChI=1S/C8H8NO/c1-9-6-2-3-7(9)4-5-8(9)10/h2-6H,1H3/q+1. The molecule has 0 aromatic carbocycles. The van der Waals surface area contributed by atoms with Gasteiger partial charge >= 0.3 is 5.91 Å². The van der Waals surface area contributed by atoms with Crippen LogP contribution >= 0.6 is 0 Å². The molecule has 0 radical (unpaired) electrons. The molecule has 50 valence electrons. The molecule has 0 N–H and O–H groups in total. The van der Waals surface area contributed by atoms with Crippen molar-refractivity contribution < 1.29 is 9.28 Å². The average Bonchev–Trinajstić information content (AvgIpc) is 2.36. The van der Waals surface area contributed by atoms with Crippen LogP contribution in [-0.4, -0.2) is 17.4 Å². The number of carbonyl (C=O) groups is 1. The molecule has 2 aliphatic heterocycles. The third-order valence-electron chi connectivity index (χ3n) is 2.04. The Bertz CT molecular complexity index is 286. The predicted molar refractivity (Wildman–Crippen MR) is 37.6 cm³/mol. The van der Waals surface area contributed by atoms with Crippen LogP contribution in [0, 0.1) is 0 Å². The van der Waals surface area contributed by atoms with Crippen LogP contribution in [0.15, 0.2) is 36.2 Å². The van der Waals surface area contributed by atoms with Crippen molar-refractivity contribution >= 4 is 5.91 Å². The van der Waals surface area contributed by atoms with Crippen LogP contribution in [-0.2, 0) is 4.79 Å². The maximum atomic E-state index is 11.2. The summed E-state index contributed by atoms with van der Waals surface area (Å²) in [4.78, 5) is 11.2. The van der Waals surface area contributed by atoms with Crippen molar-refractivity contribution in [2.75, 3.05) is 7.05 Å². The first-order chi connectivity index (χ1) is 4.73. The lowest BCUT2D eigenvalue weighted by atomic mass is 10.4. The van der Waals surface area contributed by atoms with Crippen molar-refractivity contribution in [1.29, 1.82) is 0 Å². The molecule has 0 aliphatic carbocycles. The van der Waals surface area contributed by atoms with E-state index in [-0.39, 0.29) is 5.91 Å². The van der Waals surface area contributed by atoms with Crippen LogP contribution in [0.4, 0.5) is 0 Å². The van der Waals surface area contributed by atoms with E-state index in [9.17, 15) is 4.79 Å². The molecule has 0 saturated carbocycles. The smallest absolute Gasteiger partial charge is 0.225 e. The van der Waals surface area contributed by atoms with Crippen LogP contribution in [0.25, 0.3) is 0 Å². The summed E-state index contributed by atoms with van der Waals surface area (Å²) in [5.41, 5.74) is 1.06. The molecule has 1 atom stereocenters. The number of allylic oxidation sites excluding steroid dienone is 3. The number of nitrogens with zero attached hydrogens (tertiary/aromatic N) is 1. The number of hydrogen-bond acceptors (Lipinski definition) is 1. The number of rotatable bonds is 0. The predicted octanol–water partition coefficient (Wildman–Crippen LogP) is 0.941. The monoisotopic (exact) mass is 134 g/mol. The first kappa shape index (κ1) is 5.62. The van der Waals surface area contributed by atoms with Crippen molar-refractivity contribution in [2.45, 2.75) is 0 Å². The van der Waals surface area contributed by atoms with Gasteiger partial charge in [0, 0.05) is 18.2 Å². The topological polar surface area (TPSA) is 17.1 Å². The zero-order valence-corrected chi connectivity index (χ0v) is 5.74. The minimum absolute atomic E-state index is 0.139. The molecule has 1 amide bonds. The number of quaternary nitrogens is 1. The fraction of sp³-hybridized carbons (Fsp3) is 0.125. The zero-order valence-electron chi connectivity index (χ0n) is 5.74. The molecule has 0 aromatic heterocycles. The minimum Gasteiger partial charge on any atom is -0.225 e. The van der Waals surface area contributed by atoms with Crippen molar-refractivity contribution in [2.24, 2.45) is 0 Å². The van der Waals surface area contributed by atoms with Crippen LogP contribution in [0.2, 0.25) is 0 Å². The largest absolute Gasteiger partial charge is 0.348 e. The van der Waals surface area contributed by atoms with Crippen molar-refractivity contribution in [3.8, 4) is 0 Å². The van der Waals surface area contributed by atoms with E-state index in [1.54, 1.807) is 6.08 Å². The lowest BCUT2D eigenvalue weighted by molar-refractivity contribution is -0.727. The first-order valence-corrected chi connectivity index (χ1v) is 3.22. The maximum Gasteiger partial charge on any atom is 0.348 e.